The molecule has 0 aliphatic carbocycles. The number of nitrogens with one attached hydrogen (secondary N) is 1. The van der Waals surface area contributed by atoms with Crippen LogP contribution in [0.4, 0.5) is 5.69 Å². The van der Waals surface area contributed by atoms with Crippen LogP contribution >= 0.6 is 11.6 Å². The molecule has 1 aromatic carbocycles. The third-order valence-electron chi connectivity index (χ3n) is 3.33. The van der Waals surface area contributed by atoms with Crippen LogP contribution < -0.4 is 16.0 Å². The van der Waals surface area contributed by atoms with Gasteiger partial charge in [0, 0.05) is 19.1 Å². The molecular weight excluding hydrogens is 250 g/mol. The number of nitrogens with two attached hydrogens (primary N) is 1. The molecular formula is C13H18ClN3O. The van der Waals surface area contributed by atoms with Crippen molar-refractivity contribution >= 4 is 23.2 Å². The van der Waals surface area contributed by atoms with Crippen LogP contribution in [0.2, 0.25) is 5.02 Å². The number of amides is 1. The molecule has 0 radical (unpaired) electrons. The fourth-order valence-electron chi connectivity index (χ4n) is 2.38. The molecule has 1 aromatic rings. The van der Waals surface area contributed by atoms with E-state index < -0.39 is 0 Å². The number of carbonyl (C=O) groups excluding carboxylic acids is 1. The normalized spacial score (nSPS) is 24.6. The highest BCUT2D eigenvalue weighted by Crippen LogP contribution is 2.30. The second kappa shape index (κ2) is 5.59. The first-order chi connectivity index (χ1) is 8.65. The summed E-state index contributed by atoms with van der Waals surface area (Å²) in [5.41, 5.74) is 6.63. The second-order valence-corrected chi connectivity index (χ2v) is 4.95. The Kier molecular flexibility index (Phi) is 4.09. The molecule has 1 saturated heterocycles. The van der Waals surface area contributed by atoms with Crippen molar-refractivity contribution in [3.8, 4) is 0 Å². The van der Waals surface area contributed by atoms with Gasteiger partial charge in [-0.05, 0) is 25.5 Å². The molecule has 4 nitrogen and oxygen atoms in total. The number of carbonyl (C=O) groups is 1. The summed E-state index contributed by atoms with van der Waals surface area (Å²) >= 11 is 6.23. The first kappa shape index (κ1) is 13.2. The minimum atomic E-state index is -0.359. The van der Waals surface area contributed by atoms with E-state index >= 15 is 0 Å². The highest BCUT2D eigenvalue weighted by molar-refractivity contribution is 6.33. The van der Waals surface area contributed by atoms with Crippen LogP contribution in [0.5, 0.6) is 0 Å². The lowest BCUT2D eigenvalue weighted by Gasteiger charge is -2.35. The van der Waals surface area contributed by atoms with Crippen LogP contribution in [0, 0.1) is 0 Å². The first-order valence-corrected chi connectivity index (χ1v) is 6.53. The van der Waals surface area contributed by atoms with Crippen molar-refractivity contribution in [2.75, 3.05) is 18.0 Å². The van der Waals surface area contributed by atoms with Crippen LogP contribution in [-0.2, 0) is 4.79 Å². The standard InChI is InChI=1S/C13H18ClN3O/c1-9-6-7-16-13(18)12(8-15)17(9)11-5-3-2-4-10(11)14/h2-5,9,12H,6-8,15H2,1H3,(H,16,18). The zero-order valence-electron chi connectivity index (χ0n) is 10.4. The summed E-state index contributed by atoms with van der Waals surface area (Å²) in [5.74, 6) is -0.0261. The number of hydrogen-bond donors (Lipinski definition) is 2. The Labute approximate surface area is 112 Å². The Morgan fingerprint density at radius 1 is 1.50 bits per heavy atom. The molecule has 1 aliphatic rings. The van der Waals surface area contributed by atoms with Crippen molar-refractivity contribution in [2.24, 2.45) is 5.73 Å². The van der Waals surface area contributed by atoms with Gasteiger partial charge >= 0.3 is 0 Å². The molecule has 5 heteroatoms. The lowest BCUT2D eigenvalue weighted by Crippen LogP contribution is -2.51. The molecule has 1 aliphatic heterocycles. The molecule has 3 N–H and O–H groups in total. The monoisotopic (exact) mass is 267 g/mol. The summed E-state index contributed by atoms with van der Waals surface area (Å²) in [6.45, 7) is 3.05. The maximum Gasteiger partial charge on any atom is 0.244 e. The highest BCUT2D eigenvalue weighted by atomic mass is 35.5. The quantitative estimate of drug-likeness (QED) is 0.851. The van der Waals surface area contributed by atoms with E-state index in [9.17, 15) is 4.79 Å². The molecule has 98 valence electrons. The number of halogens is 1. The van der Waals surface area contributed by atoms with Gasteiger partial charge in [0.1, 0.15) is 6.04 Å². The maximum atomic E-state index is 12.0. The van der Waals surface area contributed by atoms with Crippen molar-refractivity contribution < 1.29 is 4.79 Å². The van der Waals surface area contributed by atoms with Gasteiger partial charge in [-0.15, -0.1) is 0 Å². The van der Waals surface area contributed by atoms with Gasteiger partial charge in [0.15, 0.2) is 0 Å². The van der Waals surface area contributed by atoms with Gasteiger partial charge in [-0.2, -0.15) is 0 Å². The van der Waals surface area contributed by atoms with E-state index in [1.54, 1.807) is 0 Å². The minimum absolute atomic E-state index is 0.0261. The lowest BCUT2D eigenvalue weighted by atomic mass is 10.1. The van der Waals surface area contributed by atoms with E-state index in [2.05, 4.69) is 12.2 Å². The highest BCUT2D eigenvalue weighted by Gasteiger charge is 2.32. The van der Waals surface area contributed by atoms with Gasteiger partial charge < -0.3 is 16.0 Å². The van der Waals surface area contributed by atoms with Gasteiger partial charge in [0.2, 0.25) is 5.91 Å². The fraction of sp³-hybridized carbons (Fsp3) is 0.462. The SMILES string of the molecule is CC1CCNC(=O)C(CN)N1c1ccccc1Cl. The van der Waals surface area contributed by atoms with Crippen LogP contribution in [0.15, 0.2) is 24.3 Å². The van der Waals surface area contributed by atoms with Crippen LogP contribution in [-0.4, -0.2) is 31.1 Å². The Bertz CT molecular complexity index is 438. The fourth-order valence-corrected chi connectivity index (χ4v) is 2.62. The van der Waals surface area contributed by atoms with Gasteiger partial charge in [-0.3, -0.25) is 4.79 Å². The van der Waals surface area contributed by atoms with E-state index in [-0.39, 0.29) is 24.5 Å². The predicted octanol–water partition coefficient (Wildman–Crippen LogP) is 1.38. The molecule has 1 heterocycles. The van der Waals surface area contributed by atoms with E-state index in [0.29, 0.717) is 11.6 Å². The topological polar surface area (TPSA) is 58.4 Å². The summed E-state index contributed by atoms with van der Waals surface area (Å²) in [4.78, 5) is 14.0. The molecule has 2 rings (SSSR count). The zero-order chi connectivity index (χ0) is 13.1. The van der Waals surface area contributed by atoms with Crippen molar-refractivity contribution in [1.82, 2.24) is 5.32 Å². The molecule has 2 unspecified atom stereocenters. The second-order valence-electron chi connectivity index (χ2n) is 4.54. The smallest absolute Gasteiger partial charge is 0.244 e. The van der Waals surface area contributed by atoms with Gasteiger partial charge in [-0.25, -0.2) is 0 Å². The average Bonchev–Trinajstić information content (AvgIpc) is 2.49. The van der Waals surface area contributed by atoms with E-state index in [1.165, 1.54) is 0 Å². The molecule has 0 bridgehead atoms. The zero-order valence-corrected chi connectivity index (χ0v) is 11.2. The van der Waals surface area contributed by atoms with Gasteiger partial charge in [0.25, 0.3) is 0 Å². The Hall–Kier alpha value is -1.26. The number of benzene rings is 1. The number of hydrogen-bond acceptors (Lipinski definition) is 3. The van der Waals surface area contributed by atoms with E-state index in [1.807, 2.05) is 29.2 Å². The van der Waals surface area contributed by atoms with Crippen molar-refractivity contribution in [3.63, 3.8) is 0 Å². The molecule has 1 amide bonds. The van der Waals surface area contributed by atoms with Gasteiger partial charge in [-0.1, -0.05) is 23.7 Å². The summed E-state index contributed by atoms with van der Waals surface area (Å²) in [7, 11) is 0. The number of anilines is 1. The van der Waals surface area contributed by atoms with Crippen LogP contribution in [0.1, 0.15) is 13.3 Å². The Morgan fingerprint density at radius 3 is 2.89 bits per heavy atom. The lowest BCUT2D eigenvalue weighted by molar-refractivity contribution is -0.121. The van der Waals surface area contributed by atoms with Crippen molar-refractivity contribution in [2.45, 2.75) is 25.4 Å². The molecule has 2 atom stereocenters. The summed E-state index contributed by atoms with van der Waals surface area (Å²) < 4.78 is 0. The largest absolute Gasteiger partial charge is 0.354 e. The Balaban J connectivity index is 2.42. The van der Waals surface area contributed by atoms with Crippen molar-refractivity contribution in [1.29, 1.82) is 0 Å². The van der Waals surface area contributed by atoms with Crippen LogP contribution in [0.25, 0.3) is 0 Å². The predicted molar refractivity (Wildman–Crippen MR) is 73.9 cm³/mol. The third kappa shape index (κ3) is 2.44. The average molecular weight is 268 g/mol. The number of rotatable bonds is 2. The van der Waals surface area contributed by atoms with E-state index in [4.69, 9.17) is 17.3 Å². The number of para-hydroxylation sites is 1. The minimum Gasteiger partial charge on any atom is -0.354 e. The van der Waals surface area contributed by atoms with E-state index in [0.717, 1.165) is 12.1 Å². The maximum absolute atomic E-state index is 12.0. The molecule has 18 heavy (non-hydrogen) atoms. The summed E-state index contributed by atoms with van der Waals surface area (Å²) in [5, 5.41) is 3.54. The molecule has 0 spiro atoms. The molecule has 0 saturated carbocycles. The molecule has 1 fully saturated rings. The summed E-state index contributed by atoms with van der Waals surface area (Å²) in [6, 6.07) is 7.43. The third-order valence-corrected chi connectivity index (χ3v) is 3.65. The van der Waals surface area contributed by atoms with Crippen molar-refractivity contribution in [3.05, 3.63) is 29.3 Å². The number of nitrogens with zero attached hydrogens (tertiary/aromatic N) is 1. The first-order valence-electron chi connectivity index (χ1n) is 6.15. The Morgan fingerprint density at radius 2 is 2.22 bits per heavy atom. The summed E-state index contributed by atoms with van der Waals surface area (Å²) in [6.07, 6.45) is 0.882. The molecule has 0 aromatic heterocycles. The van der Waals surface area contributed by atoms with Gasteiger partial charge in [0.05, 0.1) is 10.7 Å². The van der Waals surface area contributed by atoms with Crippen LogP contribution in [0.3, 0.4) is 0 Å².